The Morgan fingerprint density at radius 2 is 0.911 bits per heavy atom. The van der Waals surface area contributed by atoms with E-state index >= 15 is 0 Å². The third-order valence-electron chi connectivity index (χ3n) is 20.5. The predicted octanol–water partition coefficient (Wildman–Crippen LogP) is 9.15. The van der Waals surface area contributed by atoms with Gasteiger partial charge >= 0.3 is 23.0 Å². The summed E-state index contributed by atoms with van der Waals surface area (Å²) in [5.41, 5.74) is 21.3. The van der Waals surface area contributed by atoms with Crippen molar-refractivity contribution in [1.29, 1.82) is 0 Å². The molecule has 1 atom stereocenters. The average Bonchev–Trinajstić information content (AvgIpc) is 1.91. The van der Waals surface area contributed by atoms with Crippen molar-refractivity contribution < 1.29 is 14.1 Å². The van der Waals surface area contributed by atoms with Gasteiger partial charge in [0.2, 0.25) is 17.1 Å². The lowest BCUT2D eigenvalue weighted by Crippen LogP contribution is -2.91. The van der Waals surface area contributed by atoms with E-state index in [1.165, 1.54) is 148 Å². The van der Waals surface area contributed by atoms with Crippen molar-refractivity contribution in [2.24, 2.45) is 0 Å². The zero-order valence-corrected chi connectivity index (χ0v) is 44.2. The number of rotatable bonds is 0. The van der Waals surface area contributed by atoms with Gasteiger partial charge in [-0.05, 0) is 106 Å². The number of benzene rings is 10. The van der Waals surface area contributed by atoms with Crippen molar-refractivity contribution >= 4 is 108 Å². The maximum absolute atomic E-state index is 7.75. The summed E-state index contributed by atoms with van der Waals surface area (Å²) in [7, 11) is -6.35. The Kier molecular flexibility index (Phi) is 6.27. The highest BCUT2D eigenvalue weighted by Crippen LogP contribution is 2.66. The molecule has 0 amide bonds. The van der Waals surface area contributed by atoms with Crippen LogP contribution in [-0.4, -0.2) is 20.7 Å². The van der Waals surface area contributed by atoms with Crippen molar-refractivity contribution in [3.05, 3.63) is 265 Å². The molecule has 6 nitrogen and oxygen atoms in total. The highest BCUT2D eigenvalue weighted by Gasteiger charge is 2.75. The van der Waals surface area contributed by atoms with Crippen LogP contribution in [0.4, 0.5) is 28.6 Å². The van der Waals surface area contributed by atoms with Gasteiger partial charge < -0.3 is 4.74 Å². The fraction of sp³-hybridized carbons (Fsp3) is 0.0141. The van der Waals surface area contributed by atoms with E-state index in [1.807, 2.05) is 0 Å². The minimum atomic E-state index is -3.19. The Morgan fingerprint density at radius 3 is 1.56 bits per heavy atom. The first-order valence-electron chi connectivity index (χ1n) is 27.7. The lowest BCUT2D eigenvalue weighted by molar-refractivity contribution is -1.03. The van der Waals surface area contributed by atoms with Crippen molar-refractivity contribution in [3.63, 3.8) is 0 Å². The van der Waals surface area contributed by atoms with Gasteiger partial charge in [0, 0.05) is 54.1 Å². The van der Waals surface area contributed by atoms with Crippen LogP contribution in [0.1, 0.15) is 22.3 Å². The van der Waals surface area contributed by atoms with Gasteiger partial charge in [-0.25, -0.2) is 0 Å². The third kappa shape index (κ3) is 3.66. The van der Waals surface area contributed by atoms with Crippen LogP contribution in [0.2, 0.25) is 0 Å². The minimum Gasteiger partial charge on any atom is -0.412 e. The number of hydrogen-bond donors (Lipinski definition) is 0. The third-order valence-corrected chi connectivity index (χ3v) is 30.4. The molecule has 79 heavy (non-hydrogen) atoms. The molecule has 4 spiro atoms. The van der Waals surface area contributed by atoms with E-state index in [4.69, 9.17) is 4.74 Å². The van der Waals surface area contributed by atoms with E-state index in [-0.39, 0.29) is 4.70 Å². The first-order chi connectivity index (χ1) is 39.2. The average molecular weight is 1040 g/mol. The van der Waals surface area contributed by atoms with Gasteiger partial charge in [-0.15, -0.1) is 0 Å². The summed E-state index contributed by atoms with van der Waals surface area (Å²) < 4.78 is 16.0. The molecular formula is C71H40N5OSi2+3. The van der Waals surface area contributed by atoms with Crippen molar-refractivity contribution in [2.45, 2.75) is 5.41 Å². The number of aromatic nitrogens is 3. The monoisotopic (exact) mass is 1030 g/mol. The molecule has 1 unspecified atom stereocenters. The molecule has 0 radical (unpaired) electrons. The van der Waals surface area contributed by atoms with Crippen LogP contribution in [0, 0.1) is 0 Å². The lowest BCUT2D eigenvalue weighted by atomic mass is 9.65. The topological polar surface area (TPSA) is 25.2 Å². The molecule has 1 aliphatic carbocycles. The first kappa shape index (κ1) is 39.6. The van der Waals surface area contributed by atoms with Crippen LogP contribution in [0.5, 0.6) is 11.6 Å². The second-order valence-corrected chi connectivity index (χ2v) is 30.4. The fourth-order valence-corrected chi connectivity index (χ4v) is 29.5. The Balaban J connectivity index is 1.01. The Labute approximate surface area is 455 Å². The molecule has 9 aliphatic rings. The molecule has 8 aliphatic heterocycles. The second-order valence-electron chi connectivity index (χ2n) is 23.1. The van der Waals surface area contributed by atoms with Gasteiger partial charge in [0.1, 0.15) is 11.2 Å². The van der Waals surface area contributed by atoms with Gasteiger partial charge in [-0.2, -0.15) is 9.47 Å². The number of ether oxygens (including phenoxy) is 1. The molecule has 360 valence electrons. The maximum atomic E-state index is 7.75. The molecule has 0 fully saturated rings. The standard InChI is InChI=1S/C71H40N5OSi2/c1-7-25-49-41(17-1)42-18-2-8-26-50(42)71(49)51-27-13-23-47-48-24-16-40-72-69(48)73(64(47)51)65-52(71)36-37-54-68(65)76(72)53-28-14-33-59-66(53)74-67-60(78(59)55-29-9-3-19-43(55)44-20-4-10-30-56(44)78)34-15-35-61(67)79(62-38-39-63(77-54)75(76)70(62)74)57-31-11-5-21-45(57)46-22-6-12-32-58(46)79/h1-40H/q+3. The number of fused-ring (bicyclic) bond motifs is 22. The van der Waals surface area contributed by atoms with E-state index in [2.05, 4.69) is 262 Å². The minimum absolute atomic E-state index is 0.248. The summed E-state index contributed by atoms with van der Waals surface area (Å²) in [6, 6.07) is 92.6. The zero-order valence-electron chi connectivity index (χ0n) is 42.2. The van der Waals surface area contributed by atoms with Gasteiger partial charge in [0.05, 0.1) is 15.5 Å². The van der Waals surface area contributed by atoms with Gasteiger partial charge in [-0.3, -0.25) is 0 Å². The molecule has 0 N–H and O–H groups in total. The SMILES string of the molecule is c1ccc2c(c1)-c1ccccc1C21c2ccc3c4c2-n2c5c1cccc5c1ccc[n+](c12)[N+]41c2cccc4c2N2c5c(cccc5[Si]5(c6ccccc6-c6ccccc65)c5ccc([n+]1c52)O3)[Si]41c2ccccc2-c2ccccc21. The number of quaternary nitrogens is 1. The van der Waals surface area contributed by atoms with Crippen LogP contribution in [0.3, 0.4) is 0 Å². The molecule has 10 aromatic carbocycles. The molecule has 0 saturated carbocycles. The highest BCUT2D eigenvalue weighted by molar-refractivity contribution is 7.26. The summed E-state index contributed by atoms with van der Waals surface area (Å²) in [4.78, 5) is 2.78. The number of anilines is 3. The molecule has 0 bridgehead atoms. The number of pyridine rings is 2. The van der Waals surface area contributed by atoms with E-state index in [1.54, 1.807) is 0 Å². The van der Waals surface area contributed by atoms with E-state index < -0.39 is 21.6 Å². The largest absolute Gasteiger partial charge is 0.412 e. The van der Waals surface area contributed by atoms with Crippen LogP contribution < -0.4 is 65.2 Å². The summed E-state index contributed by atoms with van der Waals surface area (Å²) in [6.45, 7) is 0. The fourth-order valence-electron chi connectivity index (χ4n) is 18.3. The van der Waals surface area contributed by atoms with Gasteiger partial charge in [0.25, 0.3) is 5.69 Å². The van der Waals surface area contributed by atoms with Crippen molar-refractivity contribution in [3.8, 4) is 50.7 Å². The first-order valence-corrected chi connectivity index (χ1v) is 31.7. The quantitative estimate of drug-likeness (QED) is 0.0861. The Bertz CT molecular complexity index is 5100. The van der Waals surface area contributed by atoms with E-state index in [9.17, 15) is 0 Å². The second kappa shape index (κ2) is 12.5. The smallest absolute Gasteiger partial charge is 0.350 e. The summed E-state index contributed by atoms with van der Waals surface area (Å²) in [6.07, 6.45) is 2.39. The van der Waals surface area contributed by atoms with Crippen LogP contribution in [-0.2, 0) is 5.41 Å². The van der Waals surface area contributed by atoms with Gasteiger partial charge in [-0.1, -0.05) is 188 Å². The lowest BCUT2D eigenvalue weighted by Gasteiger charge is -2.50. The zero-order chi connectivity index (χ0) is 50.6. The number of hydrogen-bond acceptors (Lipinski definition) is 2. The summed E-state index contributed by atoms with van der Waals surface area (Å²) >= 11 is 0. The molecule has 11 heterocycles. The summed E-state index contributed by atoms with van der Waals surface area (Å²) in [5.74, 6) is 2.88. The molecule has 22 rings (SSSR count). The predicted molar refractivity (Wildman–Crippen MR) is 318 cm³/mol. The molecule has 3 aromatic heterocycles. The molecule has 8 heteroatoms. The van der Waals surface area contributed by atoms with Gasteiger partial charge in [0.15, 0.2) is 22.3 Å². The number of para-hydroxylation sites is 3. The van der Waals surface area contributed by atoms with Crippen LogP contribution in [0.25, 0.3) is 61.0 Å². The Hall–Kier alpha value is -9.71. The number of nitrogens with zero attached hydrogens (tertiary/aromatic N) is 5. The molecular weight excluding hydrogens is 995 g/mol. The summed E-state index contributed by atoms with van der Waals surface area (Å²) in [5, 5.41) is 14.1. The van der Waals surface area contributed by atoms with Crippen molar-refractivity contribution in [1.82, 2.24) is 9.27 Å². The van der Waals surface area contributed by atoms with Crippen LogP contribution >= 0.6 is 0 Å². The van der Waals surface area contributed by atoms with E-state index in [0.29, 0.717) is 0 Å². The normalized spacial score (nSPS) is 18.3. The Morgan fingerprint density at radius 1 is 0.392 bits per heavy atom. The van der Waals surface area contributed by atoms with E-state index in [0.717, 1.165) is 17.3 Å². The maximum Gasteiger partial charge on any atom is 0.350 e. The molecule has 0 saturated heterocycles. The van der Waals surface area contributed by atoms with Crippen molar-refractivity contribution in [2.75, 3.05) is 4.90 Å². The highest BCUT2D eigenvalue weighted by atomic mass is 28.3. The molecule has 13 aromatic rings. The van der Waals surface area contributed by atoms with Crippen LogP contribution in [0.15, 0.2) is 243 Å².